The van der Waals surface area contributed by atoms with Crippen LogP contribution in [0, 0.1) is 0 Å². The van der Waals surface area contributed by atoms with E-state index in [1.165, 1.54) is 0 Å². The second-order valence-electron chi connectivity index (χ2n) is 4.57. The highest BCUT2D eigenvalue weighted by atomic mass is 79.9. The Morgan fingerprint density at radius 1 is 1.18 bits per heavy atom. The molecule has 22 heavy (non-hydrogen) atoms. The summed E-state index contributed by atoms with van der Waals surface area (Å²) in [6, 6.07) is 7.15. The second kappa shape index (κ2) is 9.94. The highest BCUT2D eigenvalue weighted by molar-refractivity contribution is 9.10. The third kappa shape index (κ3) is 7.21. The summed E-state index contributed by atoms with van der Waals surface area (Å²) in [5.74, 6) is -1.28. The maximum Gasteiger partial charge on any atom is 0.306 e. The van der Waals surface area contributed by atoms with E-state index in [0.29, 0.717) is 12.1 Å². The first-order chi connectivity index (χ1) is 10.5. The van der Waals surface area contributed by atoms with E-state index in [1.54, 1.807) is 18.2 Å². The van der Waals surface area contributed by atoms with E-state index in [4.69, 9.17) is 4.74 Å². The van der Waals surface area contributed by atoms with Crippen LogP contribution in [-0.2, 0) is 19.1 Å². The number of carbonyl (C=O) groups is 3. The molecule has 0 aromatic heterocycles. The van der Waals surface area contributed by atoms with Crippen molar-refractivity contribution in [2.45, 2.75) is 26.2 Å². The fourth-order valence-corrected chi connectivity index (χ4v) is 1.91. The van der Waals surface area contributed by atoms with E-state index in [0.717, 1.165) is 17.3 Å². The summed E-state index contributed by atoms with van der Waals surface area (Å²) in [4.78, 5) is 34.4. The molecule has 0 atom stereocenters. The zero-order valence-electron chi connectivity index (χ0n) is 12.4. The number of ether oxygens (including phenoxy) is 1. The molecule has 0 heterocycles. The van der Waals surface area contributed by atoms with E-state index in [1.807, 2.05) is 13.0 Å². The molecule has 2 amide bonds. The Morgan fingerprint density at radius 2 is 1.91 bits per heavy atom. The maximum atomic E-state index is 11.7. The number of esters is 1. The third-order valence-electron chi connectivity index (χ3n) is 2.69. The largest absolute Gasteiger partial charge is 0.456 e. The molecule has 0 unspecified atom stereocenters. The smallest absolute Gasteiger partial charge is 0.306 e. The van der Waals surface area contributed by atoms with Crippen molar-refractivity contribution in [1.82, 2.24) is 5.32 Å². The molecule has 0 saturated carbocycles. The SMILES string of the molecule is CCCCC(=O)OCC(=O)NCC(=O)Nc1ccccc1Br. The van der Waals surface area contributed by atoms with Crippen LogP contribution in [0.3, 0.4) is 0 Å². The maximum absolute atomic E-state index is 11.7. The number of para-hydroxylation sites is 1. The van der Waals surface area contributed by atoms with Gasteiger partial charge >= 0.3 is 5.97 Å². The van der Waals surface area contributed by atoms with Crippen molar-refractivity contribution in [1.29, 1.82) is 0 Å². The fourth-order valence-electron chi connectivity index (χ4n) is 1.53. The molecule has 7 heteroatoms. The molecule has 2 N–H and O–H groups in total. The summed E-state index contributed by atoms with van der Waals surface area (Å²) in [5, 5.41) is 5.04. The molecule has 0 aliphatic heterocycles. The molecule has 120 valence electrons. The molecule has 1 aromatic carbocycles. The zero-order chi connectivity index (χ0) is 16.4. The summed E-state index contributed by atoms with van der Waals surface area (Å²) in [7, 11) is 0. The lowest BCUT2D eigenvalue weighted by atomic mass is 10.2. The Balaban J connectivity index is 2.25. The minimum absolute atomic E-state index is 0.188. The molecular formula is C15H19BrN2O4. The van der Waals surface area contributed by atoms with Gasteiger partial charge in [-0.05, 0) is 34.5 Å². The summed E-state index contributed by atoms with van der Waals surface area (Å²) in [5.41, 5.74) is 0.618. The summed E-state index contributed by atoms with van der Waals surface area (Å²) in [6.45, 7) is 1.40. The van der Waals surface area contributed by atoms with Gasteiger partial charge in [0.15, 0.2) is 6.61 Å². The standard InChI is InChI=1S/C15H19BrN2O4/c1-2-3-8-15(21)22-10-14(20)17-9-13(19)18-12-7-5-4-6-11(12)16/h4-7H,2-3,8-10H2,1H3,(H,17,20)(H,18,19). The van der Waals surface area contributed by atoms with Crippen LogP contribution in [0.25, 0.3) is 0 Å². The lowest BCUT2D eigenvalue weighted by Crippen LogP contribution is -2.35. The van der Waals surface area contributed by atoms with Gasteiger partial charge in [-0.3, -0.25) is 14.4 Å². The van der Waals surface area contributed by atoms with Crippen molar-refractivity contribution in [3.05, 3.63) is 28.7 Å². The van der Waals surface area contributed by atoms with Gasteiger partial charge in [0, 0.05) is 10.9 Å². The molecule has 0 spiro atoms. The van der Waals surface area contributed by atoms with E-state index < -0.39 is 11.9 Å². The summed E-state index contributed by atoms with van der Waals surface area (Å²) >= 11 is 3.31. The van der Waals surface area contributed by atoms with Crippen LogP contribution in [0.5, 0.6) is 0 Å². The number of carbonyl (C=O) groups excluding carboxylic acids is 3. The van der Waals surface area contributed by atoms with Crippen LogP contribution in [0.15, 0.2) is 28.7 Å². The van der Waals surface area contributed by atoms with Gasteiger partial charge in [0.25, 0.3) is 5.91 Å². The molecule has 0 bridgehead atoms. The number of benzene rings is 1. The van der Waals surface area contributed by atoms with Gasteiger partial charge in [-0.1, -0.05) is 25.5 Å². The highest BCUT2D eigenvalue weighted by Crippen LogP contribution is 2.20. The average molecular weight is 371 g/mol. The molecule has 6 nitrogen and oxygen atoms in total. The average Bonchev–Trinajstić information content (AvgIpc) is 2.51. The summed E-state index contributed by atoms with van der Waals surface area (Å²) < 4.78 is 5.53. The normalized spacial score (nSPS) is 9.91. The van der Waals surface area contributed by atoms with Crippen molar-refractivity contribution in [3.8, 4) is 0 Å². The number of hydrogen-bond donors (Lipinski definition) is 2. The monoisotopic (exact) mass is 370 g/mol. The Bertz CT molecular complexity index is 534. The van der Waals surface area contributed by atoms with E-state index in [9.17, 15) is 14.4 Å². The van der Waals surface area contributed by atoms with Crippen molar-refractivity contribution in [2.24, 2.45) is 0 Å². The van der Waals surface area contributed by atoms with Crippen molar-refractivity contribution >= 4 is 39.4 Å². The lowest BCUT2D eigenvalue weighted by molar-refractivity contribution is -0.148. The van der Waals surface area contributed by atoms with Crippen molar-refractivity contribution in [2.75, 3.05) is 18.5 Å². The Kier molecular flexibility index (Phi) is 8.21. The minimum Gasteiger partial charge on any atom is -0.456 e. The number of rotatable bonds is 8. The van der Waals surface area contributed by atoms with Crippen LogP contribution in [0.1, 0.15) is 26.2 Å². The van der Waals surface area contributed by atoms with Crippen LogP contribution >= 0.6 is 15.9 Å². The molecule has 1 rings (SSSR count). The minimum atomic E-state index is -0.507. The first kappa shape index (κ1) is 18.2. The van der Waals surface area contributed by atoms with Crippen LogP contribution in [0.4, 0.5) is 5.69 Å². The lowest BCUT2D eigenvalue weighted by Gasteiger charge is -2.08. The summed E-state index contributed by atoms with van der Waals surface area (Å²) in [6.07, 6.45) is 1.91. The van der Waals surface area contributed by atoms with Gasteiger partial charge in [-0.2, -0.15) is 0 Å². The molecule has 0 saturated heterocycles. The number of nitrogens with one attached hydrogen (secondary N) is 2. The van der Waals surface area contributed by atoms with Gasteiger partial charge in [0.1, 0.15) is 0 Å². The number of amides is 2. The van der Waals surface area contributed by atoms with Crippen LogP contribution in [-0.4, -0.2) is 30.9 Å². The van der Waals surface area contributed by atoms with Gasteiger partial charge in [-0.15, -0.1) is 0 Å². The first-order valence-corrected chi connectivity index (χ1v) is 7.79. The first-order valence-electron chi connectivity index (χ1n) is 6.99. The zero-order valence-corrected chi connectivity index (χ0v) is 13.9. The molecule has 0 fully saturated rings. The van der Waals surface area contributed by atoms with E-state index in [2.05, 4.69) is 26.6 Å². The van der Waals surface area contributed by atoms with Gasteiger partial charge in [-0.25, -0.2) is 0 Å². The van der Waals surface area contributed by atoms with Crippen LogP contribution in [0.2, 0.25) is 0 Å². The third-order valence-corrected chi connectivity index (χ3v) is 3.38. The highest BCUT2D eigenvalue weighted by Gasteiger charge is 2.09. The Morgan fingerprint density at radius 3 is 2.59 bits per heavy atom. The van der Waals surface area contributed by atoms with Gasteiger partial charge in [0.05, 0.1) is 12.2 Å². The molecule has 0 aliphatic carbocycles. The van der Waals surface area contributed by atoms with Crippen molar-refractivity contribution in [3.63, 3.8) is 0 Å². The fraction of sp³-hybridized carbons (Fsp3) is 0.400. The number of halogens is 1. The quantitative estimate of drug-likeness (QED) is 0.687. The van der Waals surface area contributed by atoms with E-state index >= 15 is 0 Å². The topological polar surface area (TPSA) is 84.5 Å². The van der Waals surface area contributed by atoms with Crippen LogP contribution < -0.4 is 10.6 Å². The number of hydrogen-bond acceptors (Lipinski definition) is 4. The number of unbranched alkanes of at least 4 members (excludes halogenated alkanes) is 1. The van der Waals surface area contributed by atoms with Gasteiger partial charge in [0.2, 0.25) is 5.91 Å². The molecule has 1 aromatic rings. The predicted molar refractivity (Wildman–Crippen MR) is 86.3 cm³/mol. The molecule has 0 radical (unpaired) electrons. The number of anilines is 1. The van der Waals surface area contributed by atoms with Gasteiger partial charge < -0.3 is 15.4 Å². The predicted octanol–water partition coefficient (Wildman–Crippen LogP) is 2.24. The van der Waals surface area contributed by atoms with Crippen molar-refractivity contribution < 1.29 is 19.1 Å². The second-order valence-corrected chi connectivity index (χ2v) is 5.42. The molecular weight excluding hydrogens is 352 g/mol. The van der Waals surface area contributed by atoms with E-state index in [-0.39, 0.29) is 19.1 Å². The Labute approximate surface area is 137 Å². The Hall–Kier alpha value is -1.89. The molecule has 0 aliphatic rings.